The van der Waals surface area contributed by atoms with E-state index in [0.717, 1.165) is 0 Å². The van der Waals surface area contributed by atoms with Gasteiger partial charge in [0.15, 0.2) is 11.6 Å². The fourth-order valence-corrected chi connectivity index (χ4v) is 3.34. The molecule has 0 aromatic rings. The molecular weight excluding hydrogens is 322 g/mol. The Morgan fingerprint density at radius 1 is 1.08 bits per heavy atom. The van der Waals surface area contributed by atoms with E-state index in [1.54, 1.807) is 25.7 Å². The average Bonchev–Trinajstić information content (AvgIpc) is 2.58. The summed E-state index contributed by atoms with van der Waals surface area (Å²) in [5.41, 5.74) is 0.0680. The summed E-state index contributed by atoms with van der Waals surface area (Å²) in [5.74, 6) is -0.724. The van der Waals surface area contributed by atoms with E-state index in [2.05, 4.69) is 0 Å². The van der Waals surface area contributed by atoms with Gasteiger partial charge in [0.25, 0.3) is 5.91 Å². The molecule has 0 saturated carbocycles. The van der Waals surface area contributed by atoms with Crippen molar-refractivity contribution < 1.29 is 24.6 Å². The van der Waals surface area contributed by atoms with Gasteiger partial charge in [0.2, 0.25) is 0 Å². The Morgan fingerprint density at radius 2 is 1.60 bits per heavy atom. The zero-order valence-corrected chi connectivity index (χ0v) is 15.4. The molecule has 0 aromatic heterocycles. The average molecular weight is 349 g/mol. The van der Waals surface area contributed by atoms with Crippen LogP contribution >= 0.6 is 0 Å². The highest BCUT2D eigenvalue weighted by molar-refractivity contribution is 6.24. The molecule has 1 aliphatic carbocycles. The molecule has 6 nitrogen and oxygen atoms in total. The number of likely N-dealkylation sites (tertiary alicyclic amines) is 1. The molecule has 2 rings (SSSR count). The fraction of sp³-hybridized carbons (Fsp3) is 0.632. The third-order valence-corrected chi connectivity index (χ3v) is 5.39. The quantitative estimate of drug-likeness (QED) is 0.746. The van der Waals surface area contributed by atoms with Crippen molar-refractivity contribution in [2.24, 2.45) is 0 Å². The molecule has 1 aliphatic heterocycles. The first-order chi connectivity index (χ1) is 11.6. The fourth-order valence-electron chi connectivity index (χ4n) is 3.34. The summed E-state index contributed by atoms with van der Waals surface area (Å²) in [6.07, 6.45) is 0.856. The number of amides is 1. The highest BCUT2D eigenvalue weighted by atomic mass is 16.3. The highest BCUT2D eigenvalue weighted by Gasteiger charge is 2.37. The second kappa shape index (κ2) is 7.22. The minimum atomic E-state index is -1.61. The van der Waals surface area contributed by atoms with Gasteiger partial charge in [0.1, 0.15) is 5.60 Å². The van der Waals surface area contributed by atoms with Gasteiger partial charge < -0.3 is 15.1 Å². The largest absolute Gasteiger partial charge is 0.393 e. The third-order valence-electron chi connectivity index (χ3n) is 5.39. The molecule has 1 fully saturated rings. The van der Waals surface area contributed by atoms with Crippen LogP contribution in [0.2, 0.25) is 0 Å². The molecule has 0 bridgehead atoms. The van der Waals surface area contributed by atoms with Crippen LogP contribution in [0.3, 0.4) is 0 Å². The topological polar surface area (TPSA) is 94.9 Å². The first kappa shape index (κ1) is 19.5. The second-order valence-corrected chi connectivity index (χ2v) is 7.31. The number of hydrogen-bond donors (Lipinski definition) is 2. The molecule has 2 N–H and O–H groups in total. The van der Waals surface area contributed by atoms with Crippen LogP contribution in [-0.2, 0) is 14.4 Å². The van der Waals surface area contributed by atoms with E-state index in [1.807, 2.05) is 0 Å². The van der Waals surface area contributed by atoms with Crippen molar-refractivity contribution in [1.29, 1.82) is 0 Å². The van der Waals surface area contributed by atoms with Crippen LogP contribution in [-0.4, -0.2) is 57.4 Å². The van der Waals surface area contributed by atoms with Crippen LogP contribution in [0.15, 0.2) is 22.3 Å². The van der Waals surface area contributed by atoms with Crippen molar-refractivity contribution in [3.05, 3.63) is 22.3 Å². The number of aliphatic hydroxyl groups excluding tert-OH is 1. The molecule has 0 aromatic carbocycles. The third kappa shape index (κ3) is 3.90. The number of hydrogen-bond acceptors (Lipinski definition) is 5. The summed E-state index contributed by atoms with van der Waals surface area (Å²) < 4.78 is 0. The Bertz CT molecular complexity index is 663. The van der Waals surface area contributed by atoms with E-state index < -0.39 is 17.6 Å². The Morgan fingerprint density at radius 3 is 2.16 bits per heavy atom. The molecule has 0 unspecified atom stereocenters. The summed E-state index contributed by atoms with van der Waals surface area (Å²) in [7, 11) is 0. The zero-order chi connectivity index (χ0) is 18.9. The number of ketones is 2. The lowest BCUT2D eigenvalue weighted by Crippen LogP contribution is -2.50. The van der Waals surface area contributed by atoms with E-state index in [0.29, 0.717) is 48.2 Å². The lowest BCUT2D eigenvalue weighted by molar-refractivity contribution is -0.152. The van der Waals surface area contributed by atoms with E-state index in [9.17, 15) is 24.6 Å². The molecule has 6 heteroatoms. The molecule has 0 spiro atoms. The van der Waals surface area contributed by atoms with E-state index in [4.69, 9.17) is 0 Å². The van der Waals surface area contributed by atoms with Crippen molar-refractivity contribution in [3.8, 4) is 0 Å². The van der Waals surface area contributed by atoms with Crippen molar-refractivity contribution in [2.75, 3.05) is 13.1 Å². The second-order valence-electron chi connectivity index (χ2n) is 7.31. The smallest absolute Gasteiger partial charge is 0.254 e. The molecule has 1 amide bonds. The van der Waals surface area contributed by atoms with Gasteiger partial charge >= 0.3 is 0 Å². The van der Waals surface area contributed by atoms with Crippen LogP contribution in [0.1, 0.15) is 53.4 Å². The standard InChI is InChI=1S/C19H27NO5/c1-11-12(2)17(23)15(13(3)16(11)22)5-8-19(4,25)18(24)20-9-6-14(21)7-10-20/h14,21,25H,5-10H2,1-4H3/t19-/m1/s1. The van der Waals surface area contributed by atoms with Gasteiger partial charge in [-0.05, 0) is 53.4 Å². The van der Waals surface area contributed by atoms with E-state index in [-0.39, 0.29) is 24.4 Å². The number of carbonyl (C=O) groups excluding carboxylic acids is 3. The first-order valence-electron chi connectivity index (χ1n) is 8.72. The van der Waals surface area contributed by atoms with Crippen LogP contribution in [0.5, 0.6) is 0 Å². The summed E-state index contributed by atoms with van der Waals surface area (Å²) in [6.45, 7) is 7.16. The number of piperidine rings is 1. The first-order valence-corrected chi connectivity index (χ1v) is 8.72. The number of rotatable bonds is 4. The summed E-state index contributed by atoms with van der Waals surface area (Å²) in [5, 5.41) is 20.1. The van der Waals surface area contributed by atoms with Gasteiger partial charge in [0, 0.05) is 35.4 Å². The Labute approximate surface area is 148 Å². The normalized spacial score (nSPS) is 22.6. The van der Waals surface area contributed by atoms with Gasteiger partial charge in [0.05, 0.1) is 6.10 Å². The van der Waals surface area contributed by atoms with Gasteiger partial charge in [-0.2, -0.15) is 0 Å². The molecule has 1 heterocycles. The number of aliphatic hydroxyl groups is 2. The number of Topliss-reactive ketones (excluding diaryl/α,β-unsaturated/α-hetero) is 2. The molecule has 138 valence electrons. The zero-order valence-electron chi connectivity index (χ0n) is 15.4. The van der Waals surface area contributed by atoms with Crippen LogP contribution < -0.4 is 0 Å². The number of allylic oxidation sites excluding steroid dienone is 4. The van der Waals surface area contributed by atoms with Crippen LogP contribution in [0, 0.1) is 0 Å². The monoisotopic (exact) mass is 349 g/mol. The van der Waals surface area contributed by atoms with Gasteiger partial charge in [-0.25, -0.2) is 0 Å². The van der Waals surface area contributed by atoms with Crippen molar-refractivity contribution in [2.45, 2.75) is 65.1 Å². The minimum Gasteiger partial charge on any atom is -0.393 e. The Balaban J connectivity index is 2.07. The molecule has 2 aliphatic rings. The van der Waals surface area contributed by atoms with Gasteiger partial charge in [-0.15, -0.1) is 0 Å². The van der Waals surface area contributed by atoms with E-state index in [1.165, 1.54) is 6.92 Å². The minimum absolute atomic E-state index is 0.0723. The predicted molar refractivity (Wildman–Crippen MR) is 92.8 cm³/mol. The summed E-state index contributed by atoms with van der Waals surface area (Å²) in [6, 6.07) is 0. The molecule has 0 radical (unpaired) electrons. The SMILES string of the molecule is CC1=C(C)C(=O)C(CC[C@@](C)(O)C(=O)N2CCC(O)CC2)=C(C)C1=O. The maximum Gasteiger partial charge on any atom is 0.254 e. The Hall–Kier alpha value is -1.79. The van der Waals surface area contributed by atoms with Crippen molar-refractivity contribution in [3.63, 3.8) is 0 Å². The highest BCUT2D eigenvalue weighted by Crippen LogP contribution is 2.29. The molecule has 1 saturated heterocycles. The maximum atomic E-state index is 12.6. The van der Waals surface area contributed by atoms with Crippen LogP contribution in [0.4, 0.5) is 0 Å². The van der Waals surface area contributed by atoms with Crippen molar-refractivity contribution in [1.82, 2.24) is 4.90 Å². The predicted octanol–water partition coefficient (Wildman–Crippen LogP) is 1.31. The summed E-state index contributed by atoms with van der Waals surface area (Å²) in [4.78, 5) is 38.8. The van der Waals surface area contributed by atoms with Crippen molar-refractivity contribution >= 4 is 17.5 Å². The maximum absolute atomic E-state index is 12.6. The van der Waals surface area contributed by atoms with E-state index >= 15 is 0 Å². The molecule has 25 heavy (non-hydrogen) atoms. The van der Waals surface area contributed by atoms with Gasteiger partial charge in [-0.1, -0.05) is 0 Å². The van der Waals surface area contributed by atoms with Crippen LogP contribution in [0.25, 0.3) is 0 Å². The Kier molecular flexibility index (Phi) is 5.64. The lowest BCUT2D eigenvalue weighted by atomic mass is 9.82. The molecule has 1 atom stereocenters. The number of nitrogens with zero attached hydrogens (tertiary/aromatic N) is 1. The summed E-state index contributed by atoms with van der Waals surface area (Å²) >= 11 is 0. The lowest BCUT2D eigenvalue weighted by Gasteiger charge is -2.35. The molecular formula is C19H27NO5. The van der Waals surface area contributed by atoms with Gasteiger partial charge in [-0.3, -0.25) is 14.4 Å². The number of carbonyl (C=O) groups is 3.